The predicted molar refractivity (Wildman–Crippen MR) is 114 cm³/mol. The summed E-state index contributed by atoms with van der Waals surface area (Å²) in [6.07, 6.45) is 4.08. The first-order valence-electron chi connectivity index (χ1n) is 9.51. The maximum atomic E-state index is 12.3. The van der Waals surface area contributed by atoms with Crippen LogP contribution in [0.25, 0.3) is 0 Å². The Morgan fingerprint density at radius 3 is 2.85 bits per heavy atom. The summed E-state index contributed by atoms with van der Waals surface area (Å²) >= 11 is 7.91. The number of carbonyl (C=O) groups excluding carboxylic acids is 1. The molecule has 144 valence electrons. The Balaban J connectivity index is 1.41. The van der Waals surface area contributed by atoms with Gasteiger partial charge in [-0.15, -0.1) is 0 Å². The van der Waals surface area contributed by atoms with Crippen LogP contribution in [-0.4, -0.2) is 24.3 Å². The second kappa shape index (κ2) is 10.0. The van der Waals surface area contributed by atoms with Crippen LogP contribution in [0.1, 0.15) is 36.5 Å². The van der Waals surface area contributed by atoms with Gasteiger partial charge in [0.1, 0.15) is 5.75 Å². The molecule has 0 saturated carbocycles. The van der Waals surface area contributed by atoms with E-state index in [1.165, 1.54) is 24.0 Å². The molecule has 1 N–H and O–H groups in total. The molecule has 3 nitrogen and oxygen atoms in total. The Hall–Kier alpha value is -1.65. The molecule has 1 aliphatic carbocycles. The van der Waals surface area contributed by atoms with Crippen molar-refractivity contribution in [1.29, 1.82) is 0 Å². The van der Waals surface area contributed by atoms with Gasteiger partial charge in [-0.2, -0.15) is 11.8 Å². The molecule has 2 aromatic rings. The number of carbonyl (C=O) groups is 1. The molecule has 0 bridgehead atoms. The Labute approximate surface area is 170 Å². The zero-order valence-electron chi connectivity index (χ0n) is 15.7. The van der Waals surface area contributed by atoms with E-state index in [9.17, 15) is 4.79 Å². The highest BCUT2D eigenvalue weighted by molar-refractivity contribution is 7.98. The van der Waals surface area contributed by atoms with Crippen LogP contribution < -0.4 is 10.1 Å². The molecule has 27 heavy (non-hydrogen) atoms. The molecule has 0 spiro atoms. The second-order valence-electron chi connectivity index (χ2n) is 6.80. The normalized spacial score (nSPS) is 14.3. The average molecular weight is 404 g/mol. The van der Waals surface area contributed by atoms with E-state index < -0.39 is 6.10 Å². The maximum Gasteiger partial charge on any atom is 0.260 e. The lowest BCUT2D eigenvalue weighted by atomic mass is 9.91. The van der Waals surface area contributed by atoms with Crippen LogP contribution in [0.5, 0.6) is 5.75 Å². The molecule has 0 saturated heterocycles. The van der Waals surface area contributed by atoms with E-state index in [1.807, 2.05) is 43.3 Å². The van der Waals surface area contributed by atoms with Gasteiger partial charge in [0.2, 0.25) is 0 Å². The molecule has 0 radical (unpaired) electrons. The average Bonchev–Trinajstić information content (AvgIpc) is 2.69. The lowest BCUT2D eigenvalue weighted by molar-refractivity contribution is -0.127. The third-order valence-corrected chi connectivity index (χ3v) is 6.16. The number of nitrogens with one attached hydrogen (secondary N) is 1. The van der Waals surface area contributed by atoms with Gasteiger partial charge >= 0.3 is 0 Å². The summed E-state index contributed by atoms with van der Waals surface area (Å²) in [5.74, 6) is 2.48. The first-order chi connectivity index (χ1) is 13.1. The predicted octanol–water partition coefficient (Wildman–Crippen LogP) is 5.04. The number of thioether (sulfide) groups is 1. The minimum Gasteiger partial charge on any atom is -0.481 e. The van der Waals surface area contributed by atoms with E-state index >= 15 is 0 Å². The Morgan fingerprint density at radius 1 is 1.19 bits per heavy atom. The van der Waals surface area contributed by atoms with Crippen LogP contribution in [0.4, 0.5) is 0 Å². The third-order valence-electron chi connectivity index (χ3n) is 4.79. The summed E-state index contributed by atoms with van der Waals surface area (Å²) in [5, 5.41) is 3.76. The van der Waals surface area contributed by atoms with Crippen molar-refractivity contribution in [1.82, 2.24) is 5.32 Å². The molecular weight excluding hydrogens is 378 g/mol. The highest BCUT2D eigenvalue weighted by atomic mass is 35.5. The molecule has 3 rings (SSSR count). The first kappa shape index (κ1) is 20.1. The Kier molecular flexibility index (Phi) is 7.48. The van der Waals surface area contributed by atoms with Crippen LogP contribution >= 0.6 is 23.4 Å². The SMILES string of the molecule is CC(Oc1cccc2c1CCCC2)C(=O)NCCSCc1ccccc1Cl. The fourth-order valence-electron chi connectivity index (χ4n) is 3.29. The number of ether oxygens (including phenoxy) is 1. The van der Waals surface area contributed by atoms with Crippen molar-refractivity contribution < 1.29 is 9.53 Å². The summed E-state index contributed by atoms with van der Waals surface area (Å²) in [6.45, 7) is 2.43. The van der Waals surface area contributed by atoms with Gasteiger partial charge in [-0.1, -0.05) is 41.9 Å². The highest BCUT2D eigenvalue weighted by Gasteiger charge is 2.19. The largest absolute Gasteiger partial charge is 0.481 e. The van der Waals surface area contributed by atoms with Crippen molar-refractivity contribution >= 4 is 29.3 Å². The van der Waals surface area contributed by atoms with Crippen molar-refractivity contribution in [2.45, 2.75) is 44.5 Å². The number of fused-ring (bicyclic) bond motifs is 1. The van der Waals surface area contributed by atoms with Gasteiger partial charge < -0.3 is 10.1 Å². The molecule has 2 aromatic carbocycles. The minimum atomic E-state index is -0.494. The van der Waals surface area contributed by atoms with Crippen LogP contribution in [-0.2, 0) is 23.4 Å². The van der Waals surface area contributed by atoms with Gasteiger partial charge in [0.05, 0.1) is 0 Å². The summed E-state index contributed by atoms with van der Waals surface area (Å²) in [4.78, 5) is 12.3. The standard InChI is InChI=1S/C22H26ClNO2S/c1-16(26-21-12-6-9-17-7-2-4-10-19(17)21)22(25)24-13-14-27-15-18-8-3-5-11-20(18)23/h3,5-6,8-9,11-12,16H,2,4,7,10,13-15H2,1H3,(H,24,25). The summed E-state index contributed by atoms with van der Waals surface area (Å²) in [6, 6.07) is 14.0. The van der Waals surface area contributed by atoms with Crippen LogP contribution in [0.2, 0.25) is 5.02 Å². The molecule has 0 heterocycles. The van der Waals surface area contributed by atoms with Crippen molar-refractivity contribution in [3.05, 3.63) is 64.2 Å². The number of hydrogen-bond donors (Lipinski definition) is 1. The zero-order valence-corrected chi connectivity index (χ0v) is 17.2. The van der Waals surface area contributed by atoms with Gasteiger partial charge in [0.25, 0.3) is 5.91 Å². The number of amides is 1. The van der Waals surface area contributed by atoms with Crippen LogP contribution in [0.15, 0.2) is 42.5 Å². The molecule has 5 heteroatoms. The lowest BCUT2D eigenvalue weighted by Gasteiger charge is -2.22. The first-order valence-corrected chi connectivity index (χ1v) is 11.0. The molecule has 1 amide bonds. The number of halogens is 1. The molecule has 1 atom stereocenters. The summed E-state index contributed by atoms with van der Waals surface area (Å²) in [7, 11) is 0. The van der Waals surface area contributed by atoms with E-state index in [4.69, 9.17) is 16.3 Å². The van der Waals surface area contributed by atoms with Gasteiger partial charge in [-0.05, 0) is 61.4 Å². The molecule has 0 fully saturated rings. The van der Waals surface area contributed by atoms with E-state index in [0.29, 0.717) is 6.54 Å². The van der Waals surface area contributed by atoms with Gasteiger partial charge in [-0.25, -0.2) is 0 Å². The topological polar surface area (TPSA) is 38.3 Å². The number of benzene rings is 2. The molecule has 0 aromatic heterocycles. The fourth-order valence-corrected chi connectivity index (χ4v) is 4.43. The fraction of sp³-hybridized carbons (Fsp3) is 0.409. The molecule has 1 aliphatic rings. The minimum absolute atomic E-state index is 0.0678. The second-order valence-corrected chi connectivity index (χ2v) is 8.31. The van der Waals surface area contributed by atoms with Gasteiger partial charge in [0, 0.05) is 23.1 Å². The number of hydrogen-bond acceptors (Lipinski definition) is 3. The van der Waals surface area contributed by atoms with Crippen molar-refractivity contribution in [2.75, 3.05) is 12.3 Å². The van der Waals surface area contributed by atoms with Crippen LogP contribution in [0, 0.1) is 0 Å². The van der Waals surface area contributed by atoms with Crippen molar-refractivity contribution in [3.8, 4) is 5.75 Å². The van der Waals surface area contributed by atoms with Crippen LogP contribution in [0.3, 0.4) is 0 Å². The quantitative estimate of drug-likeness (QED) is 0.628. The molecule has 1 unspecified atom stereocenters. The van der Waals surface area contributed by atoms with Crippen molar-refractivity contribution in [3.63, 3.8) is 0 Å². The van der Waals surface area contributed by atoms with Gasteiger partial charge in [-0.3, -0.25) is 4.79 Å². The lowest BCUT2D eigenvalue weighted by Crippen LogP contribution is -2.37. The highest BCUT2D eigenvalue weighted by Crippen LogP contribution is 2.30. The Morgan fingerprint density at radius 2 is 2.00 bits per heavy atom. The number of rotatable bonds is 8. The molecular formula is C22H26ClNO2S. The third kappa shape index (κ3) is 5.66. The number of aryl methyl sites for hydroxylation is 1. The summed E-state index contributed by atoms with van der Waals surface area (Å²) in [5.41, 5.74) is 3.77. The van der Waals surface area contributed by atoms with E-state index in [1.54, 1.807) is 11.8 Å². The smallest absolute Gasteiger partial charge is 0.260 e. The zero-order chi connectivity index (χ0) is 19.1. The van der Waals surface area contributed by atoms with Gasteiger partial charge in [0.15, 0.2) is 6.10 Å². The van der Waals surface area contributed by atoms with E-state index in [2.05, 4.69) is 11.4 Å². The van der Waals surface area contributed by atoms with E-state index in [0.717, 1.165) is 40.7 Å². The monoisotopic (exact) mass is 403 g/mol. The summed E-state index contributed by atoms with van der Waals surface area (Å²) < 4.78 is 5.98. The Bertz CT molecular complexity index is 781. The van der Waals surface area contributed by atoms with Crippen molar-refractivity contribution in [2.24, 2.45) is 0 Å². The maximum absolute atomic E-state index is 12.3. The molecule has 0 aliphatic heterocycles. The van der Waals surface area contributed by atoms with E-state index in [-0.39, 0.29) is 5.91 Å².